The van der Waals surface area contributed by atoms with Crippen molar-refractivity contribution < 1.29 is 14.0 Å². The predicted molar refractivity (Wildman–Crippen MR) is 150 cm³/mol. The van der Waals surface area contributed by atoms with Crippen LogP contribution in [0, 0.1) is 29.5 Å². The van der Waals surface area contributed by atoms with Crippen molar-refractivity contribution in [1.29, 1.82) is 5.26 Å². The SMILES string of the molecule is Cc1ccc(C(=O)CSc2nnc(N3C(N)=C(C#N)C(c4ccccc4F)C4=C3CC(C)(C)CC4=O)s2)cc1. The molecule has 10 heteroatoms. The predicted octanol–water partition coefficient (Wildman–Crippen LogP) is 5.90. The molecule has 1 aliphatic carbocycles. The van der Waals surface area contributed by atoms with Crippen LogP contribution in [0.25, 0.3) is 0 Å². The molecular weight excluding hydrogens is 533 g/mol. The summed E-state index contributed by atoms with van der Waals surface area (Å²) in [7, 11) is 0. The number of allylic oxidation sites excluding steroid dienone is 3. The van der Waals surface area contributed by atoms with Gasteiger partial charge in [0, 0.05) is 28.8 Å². The number of aryl methyl sites for hydroxylation is 1. The van der Waals surface area contributed by atoms with E-state index in [1.54, 1.807) is 35.2 Å². The molecule has 2 aromatic carbocycles. The third-order valence-corrected chi connectivity index (χ3v) is 8.93. The Morgan fingerprint density at radius 1 is 1.21 bits per heavy atom. The first-order chi connectivity index (χ1) is 18.6. The summed E-state index contributed by atoms with van der Waals surface area (Å²) in [5, 5.41) is 19.1. The zero-order chi connectivity index (χ0) is 27.9. The highest BCUT2D eigenvalue weighted by atomic mass is 32.2. The molecule has 5 rings (SSSR count). The van der Waals surface area contributed by atoms with Crippen LogP contribution in [-0.2, 0) is 4.79 Å². The number of nitriles is 1. The van der Waals surface area contributed by atoms with Gasteiger partial charge in [0.05, 0.1) is 23.3 Å². The van der Waals surface area contributed by atoms with Gasteiger partial charge in [0.1, 0.15) is 11.6 Å². The van der Waals surface area contributed by atoms with E-state index >= 15 is 0 Å². The number of ketones is 2. The van der Waals surface area contributed by atoms with Crippen LogP contribution in [0.3, 0.4) is 0 Å². The maximum atomic E-state index is 15.0. The minimum Gasteiger partial charge on any atom is -0.384 e. The van der Waals surface area contributed by atoms with Gasteiger partial charge >= 0.3 is 0 Å². The molecule has 0 amide bonds. The van der Waals surface area contributed by atoms with Crippen molar-refractivity contribution in [3.63, 3.8) is 0 Å². The van der Waals surface area contributed by atoms with E-state index in [1.807, 2.05) is 32.9 Å². The monoisotopic (exact) mass is 559 g/mol. The van der Waals surface area contributed by atoms with Gasteiger partial charge in [-0.15, -0.1) is 10.2 Å². The molecule has 1 unspecified atom stereocenters. The van der Waals surface area contributed by atoms with E-state index in [4.69, 9.17) is 5.73 Å². The Labute approximate surface area is 234 Å². The highest BCUT2D eigenvalue weighted by molar-refractivity contribution is 8.01. The van der Waals surface area contributed by atoms with Crippen molar-refractivity contribution in [2.75, 3.05) is 10.7 Å². The summed E-state index contributed by atoms with van der Waals surface area (Å²) in [5.41, 5.74) is 9.21. The summed E-state index contributed by atoms with van der Waals surface area (Å²) >= 11 is 2.49. The largest absolute Gasteiger partial charge is 0.384 e. The molecule has 2 aliphatic rings. The zero-order valence-electron chi connectivity index (χ0n) is 21.7. The molecule has 2 heterocycles. The summed E-state index contributed by atoms with van der Waals surface area (Å²) in [4.78, 5) is 27.8. The van der Waals surface area contributed by atoms with Crippen LogP contribution in [0.15, 0.2) is 75.5 Å². The zero-order valence-corrected chi connectivity index (χ0v) is 23.3. The Bertz CT molecular complexity index is 1580. The van der Waals surface area contributed by atoms with E-state index in [-0.39, 0.29) is 46.1 Å². The van der Waals surface area contributed by atoms with Gasteiger partial charge in [0.2, 0.25) is 5.13 Å². The number of benzene rings is 2. The van der Waals surface area contributed by atoms with Crippen LogP contribution in [0.1, 0.15) is 54.1 Å². The highest BCUT2D eigenvalue weighted by Gasteiger charge is 2.46. The third-order valence-electron chi connectivity index (χ3n) is 6.88. The maximum Gasteiger partial charge on any atom is 0.219 e. The second kappa shape index (κ2) is 10.4. The minimum atomic E-state index is -0.903. The van der Waals surface area contributed by atoms with Gasteiger partial charge in [0.25, 0.3) is 0 Å². The lowest BCUT2D eigenvalue weighted by molar-refractivity contribution is -0.118. The topological polar surface area (TPSA) is 113 Å². The lowest BCUT2D eigenvalue weighted by Crippen LogP contribution is -2.42. The van der Waals surface area contributed by atoms with E-state index in [9.17, 15) is 19.2 Å². The minimum absolute atomic E-state index is 0.0294. The van der Waals surface area contributed by atoms with Crippen molar-refractivity contribution in [1.82, 2.24) is 10.2 Å². The van der Waals surface area contributed by atoms with Gasteiger partial charge in [-0.25, -0.2) is 4.39 Å². The van der Waals surface area contributed by atoms with Crippen molar-refractivity contribution in [2.45, 2.75) is 43.9 Å². The van der Waals surface area contributed by atoms with E-state index in [0.717, 1.165) is 5.56 Å². The molecule has 7 nitrogen and oxygen atoms in total. The van der Waals surface area contributed by atoms with Gasteiger partial charge < -0.3 is 5.73 Å². The molecule has 0 bridgehead atoms. The number of hydrogen-bond acceptors (Lipinski definition) is 9. The van der Waals surface area contributed by atoms with Crippen molar-refractivity contribution in [2.24, 2.45) is 11.1 Å². The van der Waals surface area contributed by atoms with Crippen molar-refractivity contribution >= 4 is 39.8 Å². The molecule has 1 aromatic heterocycles. The third kappa shape index (κ3) is 5.12. The molecule has 0 saturated heterocycles. The fraction of sp³-hybridized carbons (Fsp3) is 0.276. The van der Waals surface area contributed by atoms with Crippen LogP contribution in [0.5, 0.6) is 0 Å². The van der Waals surface area contributed by atoms with Crippen LogP contribution in [0.4, 0.5) is 9.52 Å². The second-order valence-electron chi connectivity index (χ2n) is 10.4. The van der Waals surface area contributed by atoms with Gasteiger partial charge in [-0.1, -0.05) is 85.0 Å². The van der Waals surface area contributed by atoms with Crippen LogP contribution < -0.4 is 10.6 Å². The first kappa shape index (κ1) is 26.8. The Balaban J connectivity index is 1.52. The highest BCUT2D eigenvalue weighted by Crippen LogP contribution is 2.51. The number of hydrogen-bond donors (Lipinski definition) is 1. The number of anilines is 1. The number of rotatable bonds is 6. The van der Waals surface area contributed by atoms with Gasteiger partial charge in [-0.2, -0.15) is 5.26 Å². The Hall–Kier alpha value is -3.81. The number of Topliss-reactive ketones (excluding diaryl/α,β-unsaturated/α-hetero) is 2. The molecule has 0 radical (unpaired) electrons. The number of halogens is 1. The first-order valence-electron chi connectivity index (χ1n) is 12.4. The summed E-state index contributed by atoms with van der Waals surface area (Å²) in [6.07, 6.45) is 0.744. The smallest absolute Gasteiger partial charge is 0.219 e. The van der Waals surface area contributed by atoms with E-state index in [2.05, 4.69) is 16.3 Å². The number of nitrogens with zero attached hydrogens (tertiary/aromatic N) is 4. The fourth-order valence-electron chi connectivity index (χ4n) is 5.05. The number of aromatic nitrogens is 2. The lowest BCUT2D eigenvalue weighted by Gasteiger charge is -2.42. The molecule has 39 heavy (non-hydrogen) atoms. The molecule has 0 saturated carbocycles. The Morgan fingerprint density at radius 2 is 1.92 bits per heavy atom. The summed E-state index contributed by atoms with van der Waals surface area (Å²) in [6.45, 7) is 5.94. The van der Waals surface area contributed by atoms with Gasteiger partial charge in [0.15, 0.2) is 15.9 Å². The number of thioether (sulfide) groups is 1. The second-order valence-corrected chi connectivity index (χ2v) is 12.6. The van der Waals surface area contributed by atoms with E-state index in [1.165, 1.54) is 29.2 Å². The van der Waals surface area contributed by atoms with Gasteiger partial charge in [-0.05, 0) is 24.8 Å². The van der Waals surface area contributed by atoms with Crippen molar-refractivity contribution in [3.05, 3.63) is 93.7 Å². The van der Waals surface area contributed by atoms with Crippen LogP contribution in [-0.4, -0.2) is 27.5 Å². The number of carbonyl (C=O) groups is 2. The standard InChI is InChI=1S/C29H26FN5O2S2/c1-16-8-10-17(11-9-16)23(37)15-38-28-34-33-27(39-28)35-21-12-29(2,3)13-22(36)25(21)24(19(14-31)26(35)32)18-6-4-5-7-20(18)30/h4-11,24H,12-13,15,32H2,1-3H3. The quantitative estimate of drug-likeness (QED) is 0.293. The van der Waals surface area contributed by atoms with Crippen molar-refractivity contribution in [3.8, 4) is 6.07 Å². The summed E-state index contributed by atoms with van der Waals surface area (Å²) < 4.78 is 15.5. The molecule has 2 N–H and O–H groups in total. The molecule has 1 atom stereocenters. The molecule has 0 fully saturated rings. The number of carbonyl (C=O) groups excluding carboxylic acids is 2. The van der Waals surface area contributed by atoms with Gasteiger partial charge in [-0.3, -0.25) is 14.5 Å². The summed E-state index contributed by atoms with van der Waals surface area (Å²) in [5.74, 6) is -1.31. The molecule has 1 aliphatic heterocycles. The molecular formula is C29H26FN5O2S2. The van der Waals surface area contributed by atoms with E-state index in [0.29, 0.717) is 32.7 Å². The molecule has 198 valence electrons. The number of nitrogens with two attached hydrogens (primary N) is 1. The normalized spacial score (nSPS) is 18.7. The average molecular weight is 560 g/mol. The molecule has 0 spiro atoms. The lowest BCUT2D eigenvalue weighted by atomic mass is 9.68. The Kier molecular flexibility index (Phi) is 7.14. The fourth-order valence-corrected chi connectivity index (χ4v) is 6.82. The maximum absolute atomic E-state index is 15.0. The first-order valence-corrected chi connectivity index (χ1v) is 14.2. The van der Waals surface area contributed by atoms with E-state index < -0.39 is 11.7 Å². The molecule has 3 aromatic rings. The van der Waals surface area contributed by atoms with Crippen LogP contribution in [0.2, 0.25) is 0 Å². The van der Waals surface area contributed by atoms with Crippen LogP contribution >= 0.6 is 23.1 Å². The average Bonchev–Trinajstić information content (AvgIpc) is 3.35. The summed E-state index contributed by atoms with van der Waals surface area (Å²) in [6, 6.07) is 15.7. The Morgan fingerprint density at radius 3 is 2.62 bits per heavy atom.